The van der Waals surface area contributed by atoms with Crippen LogP contribution < -0.4 is 18.9 Å². The summed E-state index contributed by atoms with van der Waals surface area (Å²) >= 11 is 0. The fourth-order valence-electron chi connectivity index (χ4n) is 4.51. The first-order valence-electron chi connectivity index (χ1n) is 12.6. The third-order valence-corrected chi connectivity index (χ3v) is 6.63. The summed E-state index contributed by atoms with van der Waals surface area (Å²) in [6, 6.07) is 9.98. The van der Waals surface area contributed by atoms with E-state index in [2.05, 4.69) is 24.1 Å². The lowest BCUT2D eigenvalue weighted by molar-refractivity contribution is -0.127. The number of carbonyl (C=O) groups excluding carboxylic acids is 1. The lowest BCUT2D eigenvalue weighted by Crippen LogP contribution is -2.30. The van der Waals surface area contributed by atoms with Gasteiger partial charge in [0.25, 0.3) is 0 Å². The van der Waals surface area contributed by atoms with Crippen LogP contribution in [-0.4, -0.2) is 70.8 Å². The van der Waals surface area contributed by atoms with E-state index < -0.39 is 0 Å². The molecule has 204 valence electrons. The number of rotatable bonds is 14. The van der Waals surface area contributed by atoms with Gasteiger partial charge in [-0.3, -0.25) is 4.79 Å². The van der Waals surface area contributed by atoms with Crippen molar-refractivity contribution in [2.24, 2.45) is 0 Å². The second kappa shape index (κ2) is 15.4. The molecule has 3 rings (SSSR count). The highest BCUT2D eigenvalue weighted by Gasteiger charge is 2.19. The van der Waals surface area contributed by atoms with Gasteiger partial charge >= 0.3 is 0 Å². The van der Waals surface area contributed by atoms with E-state index in [1.54, 1.807) is 28.4 Å². The van der Waals surface area contributed by atoms with E-state index >= 15 is 0 Å². The minimum atomic E-state index is 0. The molecule has 0 spiro atoms. The van der Waals surface area contributed by atoms with Crippen molar-refractivity contribution in [3.8, 4) is 23.0 Å². The van der Waals surface area contributed by atoms with Crippen molar-refractivity contribution in [2.45, 2.75) is 38.5 Å². The van der Waals surface area contributed by atoms with Crippen molar-refractivity contribution < 1.29 is 23.7 Å². The van der Waals surface area contributed by atoms with Crippen LogP contribution in [0, 0.1) is 0 Å². The molecule has 7 nitrogen and oxygen atoms in total. The van der Waals surface area contributed by atoms with Crippen molar-refractivity contribution in [3.05, 3.63) is 53.2 Å². The number of fused-ring (bicyclic) bond motifs is 1. The Labute approximate surface area is 227 Å². The second-order valence-electron chi connectivity index (χ2n) is 9.14. The number of hydrogen-bond acceptors (Lipinski definition) is 6. The van der Waals surface area contributed by atoms with Gasteiger partial charge in [0, 0.05) is 12.7 Å². The number of benzene rings is 2. The molecular formula is C29H41ClN2O5. The number of ether oxygens (including phenoxy) is 4. The van der Waals surface area contributed by atoms with Gasteiger partial charge in [-0.1, -0.05) is 12.5 Å². The van der Waals surface area contributed by atoms with Crippen LogP contribution in [-0.2, 0) is 17.6 Å². The van der Waals surface area contributed by atoms with E-state index in [-0.39, 0.29) is 18.3 Å². The lowest BCUT2D eigenvalue weighted by Gasteiger charge is -2.20. The Bertz CT molecular complexity index is 1040. The van der Waals surface area contributed by atoms with Gasteiger partial charge in [-0.25, -0.2) is 0 Å². The highest BCUT2D eigenvalue weighted by Crippen LogP contribution is 2.33. The van der Waals surface area contributed by atoms with Crippen LogP contribution in [0.2, 0.25) is 0 Å². The standard InChI is InChI=1S/C29H40N2O5.ClH/c1-30(14-8-6-7-10-22-11-12-25(33-2)26(18-22)34-3)15-9-16-31-17-13-23-19-27(35-4)28(36-5)20-24(23)21-29(31)32;/h11-13,17-20H,6-10,14-16,21H2,1-5H3;1H. The summed E-state index contributed by atoms with van der Waals surface area (Å²) in [4.78, 5) is 17.0. The number of amides is 1. The third kappa shape index (κ3) is 8.58. The predicted molar refractivity (Wildman–Crippen MR) is 150 cm³/mol. The highest BCUT2D eigenvalue weighted by molar-refractivity contribution is 5.85. The van der Waals surface area contributed by atoms with Crippen LogP contribution >= 0.6 is 12.4 Å². The highest BCUT2D eigenvalue weighted by atomic mass is 35.5. The first kappa shape index (κ1) is 30.3. The Balaban J connectivity index is 0.00000481. The molecule has 0 N–H and O–H groups in total. The maximum Gasteiger partial charge on any atom is 0.230 e. The van der Waals surface area contributed by atoms with E-state index in [1.807, 2.05) is 35.4 Å². The van der Waals surface area contributed by atoms with Crippen LogP contribution in [0.15, 0.2) is 36.5 Å². The van der Waals surface area contributed by atoms with Crippen molar-refractivity contribution >= 4 is 24.4 Å². The summed E-state index contributed by atoms with van der Waals surface area (Å²) < 4.78 is 21.5. The summed E-state index contributed by atoms with van der Waals surface area (Å²) in [5.74, 6) is 2.99. The second-order valence-corrected chi connectivity index (χ2v) is 9.14. The summed E-state index contributed by atoms with van der Waals surface area (Å²) in [5, 5.41) is 0. The van der Waals surface area contributed by atoms with E-state index in [1.165, 1.54) is 12.0 Å². The van der Waals surface area contributed by atoms with Gasteiger partial charge in [-0.15, -0.1) is 12.4 Å². The number of methoxy groups -OCH3 is 4. The molecule has 0 aromatic heterocycles. The number of halogens is 1. The monoisotopic (exact) mass is 532 g/mol. The zero-order valence-corrected chi connectivity index (χ0v) is 23.6. The Morgan fingerprint density at radius 3 is 2.16 bits per heavy atom. The third-order valence-electron chi connectivity index (χ3n) is 6.63. The largest absolute Gasteiger partial charge is 0.493 e. The molecule has 1 heterocycles. The van der Waals surface area contributed by atoms with Crippen molar-refractivity contribution in [1.29, 1.82) is 0 Å². The molecule has 0 unspecified atom stereocenters. The molecule has 0 aliphatic carbocycles. The van der Waals surface area contributed by atoms with Crippen molar-refractivity contribution in [1.82, 2.24) is 9.80 Å². The maximum atomic E-state index is 12.8. The maximum absolute atomic E-state index is 12.8. The van der Waals surface area contributed by atoms with Gasteiger partial charge < -0.3 is 28.7 Å². The Morgan fingerprint density at radius 2 is 1.46 bits per heavy atom. The van der Waals surface area contributed by atoms with Crippen LogP contribution in [0.3, 0.4) is 0 Å². The summed E-state index contributed by atoms with van der Waals surface area (Å²) in [6.45, 7) is 2.73. The number of carbonyl (C=O) groups is 1. The van der Waals surface area contributed by atoms with Crippen LogP contribution in [0.5, 0.6) is 23.0 Å². The molecule has 0 fully saturated rings. The summed E-state index contributed by atoms with van der Waals surface area (Å²) in [7, 11) is 8.72. The number of unbranched alkanes of at least 4 members (excludes halogenated alkanes) is 2. The molecule has 2 aromatic rings. The molecule has 0 saturated carbocycles. The Kier molecular flexibility index (Phi) is 12.6. The SMILES string of the molecule is COc1ccc(CCCCCN(C)CCCN2C=Cc3cc(OC)c(OC)cc3CC2=O)cc1OC.Cl. The smallest absolute Gasteiger partial charge is 0.230 e. The van der Waals surface area contributed by atoms with E-state index in [0.29, 0.717) is 24.5 Å². The molecule has 0 atom stereocenters. The normalized spacial score (nSPS) is 12.6. The molecular weight excluding hydrogens is 492 g/mol. The van der Waals surface area contributed by atoms with Gasteiger partial charge in [0.1, 0.15) is 0 Å². The average Bonchev–Trinajstić information content (AvgIpc) is 3.04. The first-order chi connectivity index (χ1) is 17.5. The average molecular weight is 533 g/mol. The lowest BCUT2D eigenvalue weighted by atomic mass is 10.0. The molecule has 0 saturated heterocycles. The summed E-state index contributed by atoms with van der Waals surface area (Å²) in [6.07, 6.45) is 9.70. The van der Waals surface area contributed by atoms with Crippen molar-refractivity contribution in [2.75, 3.05) is 55.1 Å². The summed E-state index contributed by atoms with van der Waals surface area (Å²) in [5.41, 5.74) is 3.23. The minimum absolute atomic E-state index is 0. The van der Waals surface area contributed by atoms with Gasteiger partial charge in [0.05, 0.1) is 34.9 Å². The molecule has 37 heavy (non-hydrogen) atoms. The van der Waals surface area contributed by atoms with Crippen LogP contribution in [0.4, 0.5) is 0 Å². The van der Waals surface area contributed by atoms with E-state index in [4.69, 9.17) is 18.9 Å². The molecule has 1 aliphatic rings. The van der Waals surface area contributed by atoms with E-state index in [9.17, 15) is 4.79 Å². The molecule has 1 aliphatic heterocycles. The van der Waals surface area contributed by atoms with Gasteiger partial charge in [-0.05, 0) is 92.9 Å². The number of aryl methyl sites for hydroxylation is 1. The van der Waals surface area contributed by atoms with Crippen molar-refractivity contribution in [3.63, 3.8) is 0 Å². The van der Waals surface area contributed by atoms with E-state index in [0.717, 1.165) is 61.4 Å². The zero-order chi connectivity index (χ0) is 25.9. The Morgan fingerprint density at radius 1 is 0.811 bits per heavy atom. The number of hydrogen-bond donors (Lipinski definition) is 0. The zero-order valence-electron chi connectivity index (χ0n) is 22.7. The van der Waals surface area contributed by atoms with Gasteiger partial charge in [0.2, 0.25) is 5.91 Å². The molecule has 8 heteroatoms. The van der Waals surface area contributed by atoms with Gasteiger partial charge in [0.15, 0.2) is 23.0 Å². The molecule has 0 radical (unpaired) electrons. The first-order valence-corrected chi connectivity index (χ1v) is 12.6. The van der Waals surface area contributed by atoms with Gasteiger partial charge in [-0.2, -0.15) is 0 Å². The minimum Gasteiger partial charge on any atom is -0.493 e. The van der Waals surface area contributed by atoms with Crippen LogP contribution in [0.25, 0.3) is 6.08 Å². The molecule has 0 bridgehead atoms. The quantitative estimate of drug-likeness (QED) is 0.310. The molecule has 2 aromatic carbocycles. The van der Waals surface area contributed by atoms with Crippen LogP contribution in [0.1, 0.15) is 42.4 Å². The predicted octanol–water partition coefficient (Wildman–Crippen LogP) is 5.23. The molecule has 1 amide bonds. The Hall–Kier alpha value is -2.90. The fraction of sp³-hybridized carbons (Fsp3) is 0.483. The number of nitrogens with zero attached hydrogens (tertiary/aromatic N) is 2. The fourth-order valence-corrected chi connectivity index (χ4v) is 4.51. The topological polar surface area (TPSA) is 60.5 Å².